The monoisotopic (exact) mass is 344 g/mol. The normalized spacial score (nSPS) is 11.5. The van der Waals surface area contributed by atoms with Gasteiger partial charge in [-0.2, -0.15) is 0 Å². The fourth-order valence-corrected chi connectivity index (χ4v) is 1.39. The smallest absolute Gasteiger partial charge is 0.407 e. The molecule has 0 rings (SSSR count). The zero-order chi connectivity index (χ0) is 19.0. The van der Waals surface area contributed by atoms with Gasteiger partial charge in [0.05, 0.1) is 13.1 Å². The summed E-state index contributed by atoms with van der Waals surface area (Å²) in [5.41, 5.74) is -1.29. The molecule has 0 saturated carbocycles. The number of nitrogens with one attached hydrogen (secondary N) is 2. The second-order valence-corrected chi connectivity index (χ2v) is 7.03. The van der Waals surface area contributed by atoms with Crippen LogP contribution in [0.25, 0.3) is 0 Å². The Bertz CT molecular complexity index is 430. The van der Waals surface area contributed by atoms with E-state index in [0.717, 1.165) is 6.08 Å². The van der Waals surface area contributed by atoms with Gasteiger partial charge in [0, 0.05) is 6.08 Å². The minimum absolute atomic E-state index is 0.0374. The minimum atomic E-state index is -0.796. The van der Waals surface area contributed by atoms with Crippen molar-refractivity contribution in [1.29, 1.82) is 0 Å². The Labute approximate surface area is 142 Å². The van der Waals surface area contributed by atoms with Crippen LogP contribution in [0.15, 0.2) is 12.7 Å². The van der Waals surface area contributed by atoms with Gasteiger partial charge in [-0.1, -0.05) is 6.58 Å². The molecule has 2 N–H and O–H groups in total. The number of carbonyl (C=O) groups excluding carboxylic acids is 3. The third-order valence-corrected chi connectivity index (χ3v) is 2.20. The van der Waals surface area contributed by atoms with Gasteiger partial charge in [0.15, 0.2) is 0 Å². The average molecular weight is 344 g/mol. The van der Waals surface area contributed by atoms with Crippen molar-refractivity contribution in [2.75, 3.05) is 13.1 Å². The van der Waals surface area contributed by atoms with Crippen molar-refractivity contribution in [1.82, 2.24) is 10.6 Å². The van der Waals surface area contributed by atoms with Crippen molar-refractivity contribution in [2.45, 2.75) is 58.8 Å². The molecule has 0 aliphatic heterocycles. The van der Waals surface area contributed by atoms with Crippen LogP contribution in [-0.4, -0.2) is 48.6 Å². The lowest BCUT2D eigenvalue weighted by Gasteiger charge is -2.23. The van der Waals surface area contributed by atoms with E-state index in [1.165, 1.54) is 0 Å². The van der Waals surface area contributed by atoms with Crippen LogP contribution in [0, 0.1) is 0 Å². The Hall–Kier alpha value is -2.25. The Balaban J connectivity index is 4.53. The van der Waals surface area contributed by atoms with Crippen LogP contribution in [0.4, 0.5) is 9.59 Å². The van der Waals surface area contributed by atoms with Crippen molar-refractivity contribution in [3.63, 3.8) is 0 Å². The molecule has 0 fully saturated rings. The first-order valence-electron chi connectivity index (χ1n) is 7.59. The van der Waals surface area contributed by atoms with Crippen LogP contribution in [0.1, 0.15) is 41.5 Å². The molecule has 0 unspecified atom stereocenters. The first-order chi connectivity index (χ1) is 10.8. The third-order valence-electron chi connectivity index (χ3n) is 2.20. The maximum Gasteiger partial charge on any atom is 0.407 e. The molecule has 0 aliphatic carbocycles. The van der Waals surface area contributed by atoms with Gasteiger partial charge in [0.1, 0.15) is 17.3 Å². The average Bonchev–Trinajstić information content (AvgIpc) is 2.37. The van der Waals surface area contributed by atoms with Crippen molar-refractivity contribution >= 4 is 18.2 Å². The number of rotatable bonds is 6. The highest BCUT2D eigenvalue weighted by molar-refractivity contribution is 5.81. The van der Waals surface area contributed by atoms with Gasteiger partial charge in [-0.05, 0) is 41.5 Å². The Kier molecular flexibility index (Phi) is 8.29. The number of hydrogen-bond donors (Lipinski definition) is 2. The lowest BCUT2D eigenvalue weighted by molar-refractivity contribution is -0.142. The molecule has 0 heterocycles. The summed E-state index contributed by atoms with van der Waals surface area (Å²) >= 11 is 0. The van der Waals surface area contributed by atoms with Gasteiger partial charge in [0.2, 0.25) is 0 Å². The van der Waals surface area contributed by atoms with E-state index in [2.05, 4.69) is 17.2 Å². The predicted octanol–water partition coefficient (Wildman–Crippen LogP) is 2.13. The van der Waals surface area contributed by atoms with Crippen LogP contribution in [0.3, 0.4) is 0 Å². The van der Waals surface area contributed by atoms with E-state index in [0.29, 0.717) is 0 Å². The highest BCUT2D eigenvalue weighted by Gasteiger charge is 2.21. The molecule has 8 nitrogen and oxygen atoms in total. The molecule has 0 atom stereocenters. The topological polar surface area (TPSA) is 103 Å². The van der Waals surface area contributed by atoms with Gasteiger partial charge in [-0.3, -0.25) is 0 Å². The molecule has 24 heavy (non-hydrogen) atoms. The molecule has 138 valence electrons. The zero-order valence-corrected chi connectivity index (χ0v) is 15.2. The van der Waals surface area contributed by atoms with Gasteiger partial charge in [-0.25, -0.2) is 14.4 Å². The fraction of sp³-hybridized carbons (Fsp3) is 0.688. The van der Waals surface area contributed by atoms with Crippen LogP contribution < -0.4 is 10.6 Å². The summed E-state index contributed by atoms with van der Waals surface area (Å²) in [6, 6.07) is 0. The van der Waals surface area contributed by atoms with Gasteiger partial charge < -0.3 is 24.8 Å². The standard InChI is InChI=1S/C16H28N2O6/c1-8-12(19)22-11(9-17-13(20)23-15(2,3)4)10-18-14(21)24-16(5,6)7/h8,11H,1,9-10H2,2-7H3,(H,17,20)(H,18,21). The molecule has 8 heteroatoms. The summed E-state index contributed by atoms with van der Waals surface area (Å²) in [6.45, 7) is 13.6. The van der Waals surface area contributed by atoms with Crippen LogP contribution in [-0.2, 0) is 19.0 Å². The minimum Gasteiger partial charge on any atom is -0.455 e. The largest absolute Gasteiger partial charge is 0.455 e. The van der Waals surface area contributed by atoms with Crippen molar-refractivity contribution in [3.05, 3.63) is 12.7 Å². The van der Waals surface area contributed by atoms with Crippen molar-refractivity contribution < 1.29 is 28.6 Å². The maximum atomic E-state index is 11.6. The van der Waals surface area contributed by atoms with E-state index in [1.54, 1.807) is 41.5 Å². The van der Waals surface area contributed by atoms with Crippen LogP contribution in [0.5, 0.6) is 0 Å². The molecule has 0 aromatic carbocycles. The van der Waals surface area contributed by atoms with Gasteiger partial charge >= 0.3 is 18.2 Å². The molecule has 0 bridgehead atoms. The van der Waals surface area contributed by atoms with Crippen LogP contribution in [0.2, 0.25) is 0 Å². The zero-order valence-electron chi connectivity index (χ0n) is 15.2. The maximum absolute atomic E-state index is 11.6. The fourth-order valence-electron chi connectivity index (χ4n) is 1.39. The molecule has 0 spiro atoms. The first kappa shape index (κ1) is 21.8. The lowest BCUT2D eigenvalue weighted by Crippen LogP contribution is -2.44. The lowest BCUT2D eigenvalue weighted by atomic mass is 10.2. The number of amides is 2. The highest BCUT2D eigenvalue weighted by atomic mass is 16.6. The van der Waals surface area contributed by atoms with E-state index in [-0.39, 0.29) is 13.1 Å². The SMILES string of the molecule is C=CC(=O)OC(CNC(=O)OC(C)(C)C)CNC(=O)OC(C)(C)C. The Morgan fingerprint density at radius 1 is 0.917 bits per heavy atom. The second kappa shape index (κ2) is 9.14. The highest BCUT2D eigenvalue weighted by Crippen LogP contribution is 2.07. The number of alkyl carbamates (subject to hydrolysis) is 2. The van der Waals surface area contributed by atoms with Crippen molar-refractivity contribution in [2.24, 2.45) is 0 Å². The first-order valence-corrected chi connectivity index (χ1v) is 7.59. The summed E-state index contributed by atoms with van der Waals surface area (Å²) in [5, 5.41) is 4.95. The van der Waals surface area contributed by atoms with E-state index < -0.39 is 35.5 Å². The Morgan fingerprint density at radius 3 is 1.58 bits per heavy atom. The molecule has 2 amide bonds. The molecule has 0 aromatic heterocycles. The number of ether oxygens (including phenoxy) is 3. The van der Waals surface area contributed by atoms with E-state index in [9.17, 15) is 14.4 Å². The van der Waals surface area contributed by atoms with Gasteiger partial charge in [-0.15, -0.1) is 0 Å². The van der Waals surface area contributed by atoms with Gasteiger partial charge in [0.25, 0.3) is 0 Å². The molecule has 0 aromatic rings. The van der Waals surface area contributed by atoms with E-state index in [4.69, 9.17) is 14.2 Å². The summed E-state index contributed by atoms with van der Waals surface area (Å²) in [5.74, 6) is -0.669. The summed E-state index contributed by atoms with van der Waals surface area (Å²) in [7, 11) is 0. The molecule has 0 radical (unpaired) electrons. The molecular weight excluding hydrogens is 316 g/mol. The quantitative estimate of drug-likeness (QED) is 0.435. The number of carbonyl (C=O) groups is 3. The second-order valence-electron chi connectivity index (χ2n) is 7.03. The summed E-state index contributed by atoms with van der Waals surface area (Å²) in [4.78, 5) is 34.6. The molecular formula is C16H28N2O6. The van der Waals surface area contributed by atoms with Crippen LogP contribution >= 0.6 is 0 Å². The number of hydrogen-bond acceptors (Lipinski definition) is 6. The predicted molar refractivity (Wildman–Crippen MR) is 88.6 cm³/mol. The summed E-state index contributed by atoms with van der Waals surface area (Å²) < 4.78 is 15.2. The Morgan fingerprint density at radius 2 is 1.29 bits per heavy atom. The van der Waals surface area contributed by atoms with E-state index in [1.807, 2.05) is 0 Å². The third kappa shape index (κ3) is 12.3. The summed E-state index contributed by atoms with van der Waals surface area (Å²) in [6.07, 6.45) is -1.11. The number of esters is 1. The van der Waals surface area contributed by atoms with E-state index >= 15 is 0 Å². The molecule has 0 saturated heterocycles. The molecule has 0 aliphatic rings. The van der Waals surface area contributed by atoms with Crippen molar-refractivity contribution in [3.8, 4) is 0 Å².